The number of anilines is 1. The van der Waals surface area contributed by atoms with Crippen LogP contribution in [-0.4, -0.2) is 52.1 Å². The van der Waals surface area contributed by atoms with E-state index in [1.54, 1.807) is 30.0 Å². The summed E-state index contributed by atoms with van der Waals surface area (Å²) in [6, 6.07) is 8.52. The molecule has 4 rings (SSSR count). The second-order valence-corrected chi connectivity index (χ2v) is 7.72. The highest BCUT2D eigenvalue weighted by Crippen LogP contribution is 2.30. The number of carbonyl (C=O) groups is 1. The Labute approximate surface area is 173 Å². The molecule has 0 radical (unpaired) electrons. The number of hydrogen-bond donors (Lipinski definition) is 0. The number of para-hydroxylation sites is 2. The summed E-state index contributed by atoms with van der Waals surface area (Å²) >= 11 is 0. The third kappa shape index (κ3) is 3.47. The lowest BCUT2D eigenvalue weighted by Gasteiger charge is -2.36. The van der Waals surface area contributed by atoms with Gasteiger partial charge in [0.25, 0.3) is 17.3 Å². The molecule has 3 heterocycles. The molecule has 0 aliphatic carbocycles. The first kappa shape index (κ1) is 19.8. The number of benzene rings is 1. The summed E-state index contributed by atoms with van der Waals surface area (Å²) in [6.07, 6.45) is 0. The van der Waals surface area contributed by atoms with E-state index in [4.69, 9.17) is 4.52 Å². The molecule has 1 fully saturated rings. The van der Waals surface area contributed by atoms with Gasteiger partial charge in [-0.3, -0.25) is 14.9 Å². The minimum absolute atomic E-state index is 0.0785. The van der Waals surface area contributed by atoms with Crippen LogP contribution in [-0.2, 0) is 0 Å². The van der Waals surface area contributed by atoms with Crippen molar-refractivity contribution >= 4 is 28.4 Å². The molecule has 1 aromatic carbocycles. The Kier molecular flexibility index (Phi) is 5.11. The zero-order valence-electron chi connectivity index (χ0n) is 17.2. The number of amides is 1. The number of rotatable bonds is 4. The van der Waals surface area contributed by atoms with Gasteiger partial charge in [-0.25, -0.2) is 4.98 Å². The number of carbonyl (C=O) groups excluding carboxylic acids is 1. The van der Waals surface area contributed by atoms with Gasteiger partial charge in [-0.2, -0.15) is 0 Å². The Morgan fingerprint density at radius 2 is 1.90 bits per heavy atom. The lowest BCUT2D eigenvalue weighted by Crippen LogP contribution is -2.49. The second kappa shape index (κ2) is 7.74. The van der Waals surface area contributed by atoms with Crippen LogP contribution < -0.4 is 4.90 Å². The van der Waals surface area contributed by atoms with Crippen LogP contribution in [0.15, 0.2) is 34.9 Å². The molecule has 0 bridgehead atoms. The first-order valence-electron chi connectivity index (χ1n) is 9.91. The van der Waals surface area contributed by atoms with E-state index >= 15 is 0 Å². The van der Waals surface area contributed by atoms with Crippen molar-refractivity contribution < 1.29 is 14.2 Å². The van der Waals surface area contributed by atoms with Crippen molar-refractivity contribution in [1.82, 2.24) is 15.0 Å². The first-order valence-corrected chi connectivity index (χ1v) is 9.91. The van der Waals surface area contributed by atoms with E-state index in [-0.39, 0.29) is 22.4 Å². The molecular formula is C21H23N5O4. The molecule has 156 valence electrons. The molecule has 0 atom stereocenters. The van der Waals surface area contributed by atoms with E-state index in [0.717, 1.165) is 5.69 Å². The molecule has 0 saturated carbocycles. The number of hydrogen-bond acceptors (Lipinski definition) is 7. The quantitative estimate of drug-likeness (QED) is 0.479. The molecule has 0 spiro atoms. The molecule has 3 aromatic rings. The van der Waals surface area contributed by atoms with E-state index in [9.17, 15) is 14.9 Å². The summed E-state index contributed by atoms with van der Waals surface area (Å²) in [5.74, 6) is 0.0413. The molecule has 1 amide bonds. The van der Waals surface area contributed by atoms with E-state index in [0.29, 0.717) is 54.2 Å². The van der Waals surface area contributed by atoms with Crippen LogP contribution in [0.25, 0.3) is 11.1 Å². The highest BCUT2D eigenvalue weighted by molar-refractivity contribution is 6.06. The van der Waals surface area contributed by atoms with Crippen molar-refractivity contribution in [2.45, 2.75) is 26.7 Å². The number of piperazine rings is 1. The molecule has 1 saturated heterocycles. The Bertz CT molecular complexity index is 1120. The average Bonchev–Trinajstić information content (AvgIpc) is 3.13. The van der Waals surface area contributed by atoms with Crippen molar-refractivity contribution in [1.29, 1.82) is 0 Å². The van der Waals surface area contributed by atoms with Gasteiger partial charge in [0.15, 0.2) is 0 Å². The Morgan fingerprint density at radius 3 is 2.57 bits per heavy atom. The number of aryl methyl sites for hydroxylation is 1. The SMILES string of the molecule is Cc1noc2nc(C(C)C)cc(C(=O)N3CCN(c4ccccc4[N+](=O)[O-])CC3)c12. The molecule has 2 aromatic heterocycles. The number of aromatic nitrogens is 2. The summed E-state index contributed by atoms with van der Waals surface area (Å²) in [5.41, 5.74) is 2.99. The van der Waals surface area contributed by atoms with E-state index in [1.165, 1.54) is 6.07 Å². The van der Waals surface area contributed by atoms with E-state index in [2.05, 4.69) is 10.1 Å². The highest BCUT2D eigenvalue weighted by atomic mass is 16.6. The van der Waals surface area contributed by atoms with Crippen molar-refractivity contribution in [2.75, 3.05) is 31.1 Å². The van der Waals surface area contributed by atoms with Crippen LogP contribution in [0.5, 0.6) is 0 Å². The lowest BCUT2D eigenvalue weighted by molar-refractivity contribution is -0.384. The Hall–Kier alpha value is -3.49. The normalized spacial score (nSPS) is 14.5. The van der Waals surface area contributed by atoms with E-state index in [1.807, 2.05) is 24.8 Å². The summed E-state index contributed by atoms with van der Waals surface area (Å²) in [6.45, 7) is 7.79. The minimum Gasteiger partial charge on any atom is -0.362 e. The molecule has 1 aliphatic rings. The summed E-state index contributed by atoms with van der Waals surface area (Å²) in [5, 5.41) is 16.0. The number of nitro groups is 1. The number of fused-ring (bicyclic) bond motifs is 1. The van der Waals surface area contributed by atoms with Gasteiger partial charge in [0, 0.05) is 37.9 Å². The van der Waals surface area contributed by atoms with Crippen LogP contribution in [0.3, 0.4) is 0 Å². The summed E-state index contributed by atoms with van der Waals surface area (Å²) in [7, 11) is 0. The van der Waals surface area contributed by atoms with Crippen LogP contribution in [0.1, 0.15) is 41.5 Å². The van der Waals surface area contributed by atoms with Crippen molar-refractivity contribution in [3.05, 3.63) is 57.4 Å². The Balaban J connectivity index is 1.59. The molecule has 30 heavy (non-hydrogen) atoms. The van der Waals surface area contributed by atoms with Crippen molar-refractivity contribution in [2.24, 2.45) is 0 Å². The number of nitro benzene ring substituents is 1. The maximum absolute atomic E-state index is 13.4. The minimum atomic E-state index is -0.372. The van der Waals surface area contributed by atoms with Gasteiger partial charge in [-0.05, 0) is 25.0 Å². The molecular weight excluding hydrogens is 386 g/mol. The topological polar surface area (TPSA) is 106 Å². The molecule has 9 heteroatoms. The number of nitrogens with zero attached hydrogens (tertiary/aromatic N) is 5. The van der Waals surface area contributed by atoms with Crippen molar-refractivity contribution in [3.63, 3.8) is 0 Å². The summed E-state index contributed by atoms with van der Waals surface area (Å²) < 4.78 is 5.32. The Morgan fingerprint density at radius 1 is 1.20 bits per heavy atom. The predicted molar refractivity (Wildman–Crippen MR) is 112 cm³/mol. The molecule has 0 N–H and O–H groups in total. The first-order chi connectivity index (χ1) is 14.4. The van der Waals surface area contributed by atoms with Gasteiger partial charge < -0.3 is 14.3 Å². The third-order valence-electron chi connectivity index (χ3n) is 5.44. The van der Waals surface area contributed by atoms with Gasteiger partial charge in [0.1, 0.15) is 5.69 Å². The third-order valence-corrected chi connectivity index (χ3v) is 5.44. The van der Waals surface area contributed by atoms with Gasteiger partial charge in [-0.1, -0.05) is 31.1 Å². The average molecular weight is 409 g/mol. The van der Waals surface area contributed by atoms with Crippen LogP contribution in [0.2, 0.25) is 0 Å². The van der Waals surface area contributed by atoms with Crippen molar-refractivity contribution in [3.8, 4) is 0 Å². The fourth-order valence-electron chi connectivity index (χ4n) is 3.78. The molecule has 0 unspecified atom stereocenters. The zero-order valence-corrected chi connectivity index (χ0v) is 17.2. The fourth-order valence-corrected chi connectivity index (χ4v) is 3.78. The summed E-state index contributed by atoms with van der Waals surface area (Å²) in [4.78, 5) is 32.5. The lowest BCUT2D eigenvalue weighted by atomic mass is 10.0. The van der Waals surface area contributed by atoms with Crippen LogP contribution in [0, 0.1) is 17.0 Å². The van der Waals surface area contributed by atoms with Gasteiger partial charge in [-0.15, -0.1) is 0 Å². The molecule has 1 aliphatic heterocycles. The maximum atomic E-state index is 13.4. The van der Waals surface area contributed by atoms with E-state index < -0.39 is 0 Å². The molecule has 9 nitrogen and oxygen atoms in total. The monoisotopic (exact) mass is 409 g/mol. The zero-order chi connectivity index (χ0) is 21.4. The largest absolute Gasteiger partial charge is 0.362 e. The van der Waals surface area contributed by atoms with Gasteiger partial charge in [0.2, 0.25) is 0 Å². The second-order valence-electron chi connectivity index (χ2n) is 7.72. The van der Waals surface area contributed by atoms with Gasteiger partial charge in [0.05, 0.1) is 21.6 Å². The van der Waals surface area contributed by atoms with Crippen LogP contribution in [0.4, 0.5) is 11.4 Å². The smallest absolute Gasteiger partial charge is 0.292 e. The van der Waals surface area contributed by atoms with Gasteiger partial charge >= 0.3 is 0 Å². The maximum Gasteiger partial charge on any atom is 0.292 e. The number of pyridine rings is 1. The fraction of sp³-hybridized carbons (Fsp3) is 0.381. The standard InChI is InChI=1S/C21H23N5O4/c1-13(2)16-12-15(19-14(3)23-30-20(19)22-16)21(27)25-10-8-24(9-11-25)17-6-4-5-7-18(17)26(28)29/h4-7,12-13H,8-11H2,1-3H3. The predicted octanol–water partition coefficient (Wildman–Crippen LogP) is 3.53. The van der Waals surface area contributed by atoms with Crippen LogP contribution >= 0.6 is 0 Å². The highest BCUT2D eigenvalue weighted by Gasteiger charge is 2.28.